The molecule has 1 nitrogen and oxygen atoms in total. The normalized spacial score (nSPS) is 18.2. The van der Waals surface area contributed by atoms with Gasteiger partial charge in [-0.3, -0.25) is 0 Å². The Labute approximate surface area is 72.0 Å². The van der Waals surface area contributed by atoms with E-state index in [0.717, 1.165) is 18.4 Å². The molecule has 1 saturated carbocycles. The van der Waals surface area contributed by atoms with Crippen molar-refractivity contribution in [3.8, 4) is 18.1 Å². The highest BCUT2D eigenvalue weighted by Crippen LogP contribution is 2.47. The topological polar surface area (TPSA) is 20.2 Å². The Morgan fingerprint density at radius 2 is 1.83 bits per heavy atom. The summed E-state index contributed by atoms with van der Waals surface area (Å²) in [5, 5.41) is 9.06. The van der Waals surface area contributed by atoms with Crippen LogP contribution in [-0.4, -0.2) is 5.11 Å². The van der Waals surface area contributed by atoms with Crippen LogP contribution in [0.1, 0.15) is 18.4 Å². The average molecular weight is 158 g/mol. The molecule has 0 aromatic heterocycles. The average Bonchev–Trinajstić information content (AvgIpc) is 2.86. The van der Waals surface area contributed by atoms with E-state index in [0.29, 0.717) is 5.75 Å². The molecule has 60 valence electrons. The second kappa shape index (κ2) is 2.28. The Balaban J connectivity index is 2.37. The number of terminal acetylenes is 1. The zero-order valence-electron chi connectivity index (χ0n) is 6.75. The smallest absolute Gasteiger partial charge is 0.115 e. The van der Waals surface area contributed by atoms with Gasteiger partial charge in [-0.2, -0.15) is 0 Å². The molecule has 0 spiro atoms. The largest absolute Gasteiger partial charge is 0.508 e. The van der Waals surface area contributed by atoms with Gasteiger partial charge in [0.15, 0.2) is 0 Å². The van der Waals surface area contributed by atoms with E-state index in [2.05, 4.69) is 5.92 Å². The third kappa shape index (κ3) is 0.967. The van der Waals surface area contributed by atoms with E-state index in [9.17, 15) is 0 Å². The molecule has 2 rings (SSSR count). The summed E-state index contributed by atoms with van der Waals surface area (Å²) >= 11 is 0. The predicted molar refractivity (Wildman–Crippen MR) is 47.9 cm³/mol. The van der Waals surface area contributed by atoms with Crippen molar-refractivity contribution in [1.82, 2.24) is 0 Å². The van der Waals surface area contributed by atoms with Crippen molar-refractivity contribution in [1.29, 1.82) is 0 Å². The number of phenolic OH excluding ortho intramolecular Hbond substituents is 1. The van der Waals surface area contributed by atoms with Crippen molar-refractivity contribution >= 4 is 0 Å². The molecule has 0 atom stereocenters. The Morgan fingerprint density at radius 1 is 1.25 bits per heavy atom. The van der Waals surface area contributed by atoms with Crippen molar-refractivity contribution in [3.63, 3.8) is 0 Å². The third-order valence-electron chi connectivity index (χ3n) is 2.45. The molecule has 0 aliphatic heterocycles. The highest BCUT2D eigenvalue weighted by atomic mass is 16.3. The Bertz CT molecular complexity index is 325. The molecule has 0 saturated heterocycles. The van der Waals surface area contributed by atoms with E-state index >= 15 is 0 Å². The Hall–Kier alpha value is -1.42. The van der Waals surface area contributed by atoms with Gasteiger partial charge in [0.1, 0.15) is 5.75 Å². The first kappa shape index (κ1) is 7.24. The minimum absolute atomic E-state index is 0.00625. The van der Waals surface area contributed by atoms with Crippen LogP contribution in [0.2, 0.25) is 0 Å². The van der Waals surface area contributed by atoms with E-state index in [1.165, 1.54) is 0 Å². The van der Waals surface area contributed by atoms with Crippen LogP contribution in [0, 0.1) is 12.3 Å². The fraction of sp³-hybridized carbons (Fsp3) is 0.273. The lowest BCUT2D eigenvalue weighted by Gasteiger charge is -2.06. The quantitative estimate of drug-likeness (QED) is 0.620. The highest BCUT2D eigenvalue weighted by Gasteiger charge is 2.42. The van der Waals surface area contributed by atoms with Crippen molar-refractivity contribution in [2.45, 2.75) is 18.3 Å². The number of phenols is 1. The van der Waals surface area contributed by atoms with Gasteiger partial charge in [0.25, 0.3) is 0 Å². The standard InChI is InChI=1S/C11H10O/c1-2-11(7-8-11)9-3-5-10(12)6-4-9/h1,3-6,12H,7-8H2. The first-order valence-corrected chi connectivity index (χ1v) is 4.04. The number of rotatable bonds is 1. The minimum atomic E-state index is -0.00625. The molecule has 1 aliphatic rings. The van der Waals surface area contributed by atoms with Crippen LogP contribution in [0.15, 0.2) is 24.3 Å². The maximum Gasteiger partial charge on any atom is 0.115 e. The molecule has 1 fully saturated rings. The molecule has 0 heterocycles. The van der Waals surface area contributed by atoms with E-state index < -0.39 is 0 Å². The molecule has 12 heavy (non-hydrogen) atoms. The predicted octanol–water partition coefficient (Wildman–Crippen LogP) is 2.06. The van der Waals surface area contributed by atoms with Crippen molar-refractivity contribution < 1.29 is 5.11 Å². The van der Waals surface area contributed by atoms with Crippen LogP contribution < -0.4 is 0 Å². The molecule has 0 radical (unpaired) electrons. The first-order valence-electron chi connectivity index (χ1n) is 4.04. The number of aromatic hydroxyl groups is 1. The second-order valence-electron chi connectivity index (χ2n) is 3.27. The van der Waals surface area contributed by atoms with Crippen molar-refractivity contribution in [3.05, 3.63) is 29.8 Å². The monoisotopic (exact) mass is 158 g/mol. The summed E-state index contributed by atoms with van der Waals surface area (Å²) < 4.78 is 0. The van der Waals surface area contributed by atoms with Gasteiger partial charge in [0.2, 0.25) is 0 Å². The van der Waals surface area contributed by atoms with Gasteiger partial charge < -0.3 is 5.11 Å². The summed E-state index contributed by atoms with van der Waals surface area (Å²) in [7, 11) is 0. The van der Waals surface area contributed by atoms with E-state index in [1.807, 2.05) is 12.1 Å². The molecule has 0 bridgehead atoms. The van der Waals surface area contributed by atoms with Gasteiger partial charge in [-0.25, -0.2) is 0 Å². The Morgan fingerprint density at radius 3 is 2.25 bits per heavy atom. The zero-order valence-corrected chi connectivity index (χ0v) is 6.75. The summed E-state index contributed by atoms with van der Waals surface area (Å²) in [6, 6.07) is 7.18. The molecular weight excluding hydrogens is 148 g/mol. The summed E-state index contributed by atoms with van der Waals surface area (Å²) in [5.74, 6) is 3.10. The summed E-state index contributed by atoms with van der Waals surface area (Å²) in [6.45, 7) is 0. The number of benzene rings is 1. The first-order chi connectivity index (χ1) is 5.77. The van der Waals surface area contributed by atoms with Crippen molar-refractivity contribution in [2.24, 2.45) is 0 Å². The van der Waals surface area contributed by atoms with Crippen LogP contribution in [0.3, 0.4) is 0 Å². The van der Waals surface area contributed by atoms with Crippen LogP contribution in [-0.2, 0) is 5.41 Å². The fourth-order valence-corrected chi connectivity index (χ4v) is 1.42. The Kier molecular flexibility index (Phi) is 1.38. The SMILES string of the molecule is C#CC1(c2ccc(O)cc2)CC1. The molecule has 0 unspecified atom stereocenters. The lowest BCUT2D eigenvalue weighted by atomic mass is 9.97. The van der Waals surface area contributed by atoms with Crippen molar-refractivity contribution in [2.75, 3.05) is 0 Å². The van der Waals surface area contributed by atoms with Crippen LogP contribution in [0.4, 0.5) is 0 Å². The van der Waals surface area contributed by atoms with E-state index in [4.69, 9.17) is 11.5 Å². The van der Waals surface area contributed by atoms with E-state index in [1.54, 1.807) is 12.1 Å². The molecule has 1 aliphatic carbocycles. The third-order valence-corrected chi connectivity index (χ3v) is 2.45. The molecule has 1 heteroatoms. The van der Waals surface area contributed by atoms with Gasteiger partial charge >= 0.3 is 0 Å². The fourth-order valence-electron chi connectivity index (χ4n) is 1.42. The van der Waals surface area contributed by atoms with Gasteiger partial charge in [-0.1, -0.05) is 18.1 Å². The molecular formula is C11H10O. The highest BCUT2D eigenvalue weighted by molar-refractivity contribution is 5.42. The van der Waals surface area contributed by atoms with Gasteiger partial charge in [-0.05, 0) is 30.5 Å². The van der Waals surface area contributed by atoms with Crippen LogP contribution in [0.5, 0.6) is 5.75 Å². The summed E-state index contributed by atoms with van der Waals surface area (Å²) in [5.41, 5.74) is 1.15. The number of hydrogen-bond donors (Lipinski definition) is 1. The lowest BCUT2D eigenvalue weighted by Crippen LogP contribution is -2.01. The zero-order chi connectivity index (χ0) is 8.60. The maximum atomic E-state index is 9.06. The van der Waals surface area contributed by atoms with Crippen LogP contribution in [0.25, 0.3) is 0 Å². The lowest BCUT2D eigenvalue weighted by molar-refractivity contribution is 0.475. The number of hydrogen-bond acceptors (Lipinski definition) is 1. The van der Waals surface area contributed by atoms with Crippen LogP contribution >= 0.6 is 0 Å². The summed E-state index contributed by atoms with van der Waals surface area (Å²) in [4.78, 5) is 0. The second-order valence-corrected chi connectivity index (χ2v) is 3.27. The van der Waals surface area contributed by atoms with Gasteiger partial charge in [0, 0.05) is 0 Å². The molecule has 1 aromatic rings. The molecule has 0 amide bonds. The minimum Gasteiger partial charge on any atom is -0.508 e. The molecule has 1 aromatic carbocycles. The maximum absolute atomic E-state index is 9.06. The van der Waals surface area contributed by atoms with Gasteiger partial charge in [-0.15, -0.1) is 6.42 Å². The van der Waals surface area contributed by atoms with Gasteiger partial charge in [0.05, 0.1) is 5.41 Å². The van der Waals surface area contributed by atoms with E-state index in [-0.39, 0.29) is 5.41 Å². The molecule has 1 N–H and O–H groups in total. The summed E-state index contributed by atoms with van der Waals surface area (Å²) in [6.07, 6.45) is 7.58.